The van der Waals surface area contributed by atoms with Crippen LogP contribution in [0, 0.1) is 11.3 Å². The van der Waals surface area contributed by atoms with Crippen molar-refractivity contribution in [3.05, 3.63) is 67.1 Å². The molecule has 0 aliphatic rings. The Balaban J connectivity index is 2.22. The summed E-state index contributed by atoms with van der Waals surface area (Å²) in [5, 5.41) is 16.8. The first kappa shape index (κ1) is 24.9. The van der Waals surface area contributed by atoms with Crippen LogP contribution in [0.3, 0.4) is 0 Å². The van der Waals surface area contributed by atoms with Crippen molar-refractivity contribution in [3.8, 4) is 6.07 Å². The Labute approximate surface area is 204 Å². The minimum absolute atomic E-state index is 0.00679. The molecule has 0 N–H and O–H groups in total. The molecule has 0 fully saturated rings. The predicted octanol–water partition coefficient (Wildman–Crippen LogP) is 6.03. The summed E-state index contributed by atoms with van der Waals surface area (Å²) in [4.78, 5) is 12.9. The van der Waals surface area contributed by atoms with Crippen LogP contribution in [0.5, 0.6) is 0 Å². The van der Waals surface area contributed by atoms with E-state index in [-0.39, 0.29) is 42.9 Å². The minimum atomic E-state index is -4.59. The van der Waals surface area contributed by atoms with E-state index in [0.29, 0.717) is 0 Å². The lowest BCUT2D eigenvalue weighted by Gasteiger charge is -2.12. The number of nitrogens with zero attached hydrogens (tertiary/aromatic N) is 5. The van der Waals surface area contributed by atoms with Crippen molar-refractivity contribution >= 4 is 63.7 Å². The van der Waals surface area contributed by atoms with E-state index in [9.17, 15) is 23.2 Å². The Morgan fingerprint density at radius 2 is 1.45 bits per heavy atom. The van der Waals surface area contributed by atoms with Gasteiger partial charge in [-0.3, -0.25) is 9.36 Å². The first-order valence-corrected chi connectivity index (χ1v) is 10.2. The summed E-state index contributed by atoms with van der Waals surface area (Å²) >= 11 is 24.4. The summed E-state index contributed by atoms with van der Waals surface area (Å²) in [7, 11) is 2.87. The average Bonchev–Trinajstić information content (AvgIpc) is 3.13. The van der Waals surface area contributed by atoms with Crippen LogP contribution in [0.2, 0.25) is 20.6 Å². The van der Waals surface area contributed by atoms with Crippen LogP contribution in [-0.4, -0.2) is 25.5 Å². The van der Waals surface area contributed by atoms with E-state index in [1.165, 1.54) is 14.1 Å². The van der Waals surface area contributed by atoms with Crippen molar-refractivity contribution in [2.45, 2.75) is 6.18 Å². The van der Waals surface area contributed by atoms with Crippen molar-refractivity contribution in [2.24, 2.45) is 14.1 Å². The summed E-state index contributed by atoms with van der Waals surface area (Å²) < 4.78 is 46.5. The van der Waals surface area contributed by atoms with Gasteiger partial charge in [-0.2, -0.15) is 28.6 Å². The van der Waals surface area contributed by atoms with Gasteiger partial charge >= 0.3 is 12.1 Å². The molecular weight excluding hydrogens is 529 g/mol. The number of aryl methyl sites for hydroxylation is 2. The Morgan fingerprint density at radius 3 is 1.85 bits per heavy atom. The lowest BCUT2D eigenvalue weighted by molar-refractivity contribution is -0.137. The van der Waals surface area contributed by atoms with Crippen LogP contribution in [0.25, 0.3) is 11.3 Å². The zero-order valence-corrected chi connectivity index (χ0v) is 19.5. The number of carbonyl (C=O) groups is 1. The van der Waals surface area contributed by atoms with Crippen LogP contribution >= 0.6 is 46.4 Å². The van der Waals surface area contributed by atoms with Gasteiger partial charge in [-0.15, -0.1) is 0 Å². The van der Waals surface area contributed by atoms with Gasteiger partial charge in [-0.25, -0.2) is 4.79 Å². The molecule has 2 heterocycles. The van der Waals surface area contributed by atoms with Gasteiger partial charge in [0.15, 0.2) is 16.1 Å². The van der Waals surface area contributed by atoms with Crippen molar-refractivity contribution in [1.82, 2.24) is 19.6 Å². The molecule has 3 aromatic rings. The minimum Gasteiger partial charge on any atom is -0.420 e. The van der Waals surface area contributed by atoms with Crippen LogP contribution < -0.4 is 0 Å². The zero-order valence-electron chi connectivity index (χ0n) is 16.5. The molecule has 0 spiro atoms. The summed E-state index contributed by atoms with van der Waals surface area (Å²) in [6.45, 7) is 0. The number of hydrogen-bond donors (Lipinski definition) is 0. The fourth-order valence-electron chi connectivity index (χ4n) is 2.74. The van der Waals surface area contributed by atoms with E-state index < -0.39 is 23.5 Å². The molecule has 0 radical (unpaired) electrons. The highest BCUT2D eigenvalue weighted by Gasteiger charge is 2.32. The normalized spacial score (nSPS) is 12.4. The third kappa shape index (κ3) is 4.82. The fraction of sp³-hybridized carbons (Fsp3) is 0.158. The number of carbonyl (C=O) groups excluding carboxylic acids is 1. The molecule has 0 aliphatic carbocycles. The zero-order chi connectivity index (χ0) is 24.7. The molecule has 0 aliphatic heterocycles. The smallest absolute Gasteiger partial charge is 0.416 e. The van der Waals surface area contributed by atoms with Crippen molar-refractivity contribution in [2.75, 3.05) is 0 Å². The van der Waals surface area contributed by atoms with Gasteiger partial charge in [-0.05, 0) is 17.7 Å². The van der Waals surface area contributed by atoms with Crippen molar-refractivity contribution < 1.29 is 22.7 Å². The molecule has 33 heavy (non-hydrogen) atoms. The van der Waals surface area contributed by atoms with Gasteiger partial charge < -0.3 is 4.74 Å². The molecule has 1 aromatic carbocycles. The van der Waals surface area contributed by atoms with Crippen LogP contribution in [0.4, 0.5) is 13.2 Å². The van der Waals surface area contributed by atoms with Crippen LogP contribution in [0.15, 0.2) is 24.3 Å². The van der Waals surface area contributed by atoms with Gasteiger partial charge in [0.05, 0.1) is 11.1 Å². The van der Waals surface area contributed by atoms with E-state index in [4.69, 9.17) is 51.1 Å². The molecule has 0 saturated heterocycles. The van der Waals surface area contributed by atoms with Crippen LogP contribution in [-0.2, 0) is 25.0 Å². The van der Waals surface area contributed by atoms with E-state index >= 15 is 0 Å². The molecule has 0 bridgehead atoms. The quantitative estimate of drug-likeness (QED) is 0.230. The average molecular weight is 539 g/mol. The fourth-order valence-corrected chi connectivity index (χ4v) is 3.83. The maximum absolute atomic E-state index is 12.9. The molecule has 2 aromatic heterocycles. The van der Waals surface area contributed by atoms with E-state index in [0.717, 1.165) is 33.6 Å². The SMILES string of the molecule is Cn1nc(Cl)c(C(=O)O/C(=C(/C#N)c2ccc(C(F)(F)F)cc2)c2c(Cl)nn(C)c2Cl)c1Cl. The number of alkyl halides is 3. The number of halogens is 7. The molecule has 0 amide bonds. The Hall–Kier alpha value is -2.71. The second-order valence-electron chi connectivity index (χ2n) is 6.44. The summed E-state index contributed by atoms with van der Waals surface area (Å²) in [5.74, 6) is -1.56. The third-order valence-electron chi connectivity index (χ3n) is 4.33. The standard InChI is InChI=1S/C19H10Cl4F3N5O2/c1-30-16(22)11(14(20)28-30)13(33-18(32)12-15(21)29-31(2)17(12)23)10(7-27)8-3-5-9(6-4-8)19(24,25)26/h3-6H,1-2H3/b13-10-. The highest BCUT2D eigenvalue weighted by Crippen LogP contribution is 2.38. The predicted molar refractivity (Wildman–Crippen MR) is 116 cm³/mol. The van der Waals surface area contributed by atoms with Crippen molar-refractivity contribution in [1.29, 1.82) is 5.26 Å². The van der Waals surface area contributed by atoms with Gasteiger partial charge in [0.2, 0.25) is 0 Å². The van der Waals surface area contributed by atoms with Gasteiger partial charge in [-0.1, -0.05) is 58.5 Å². The van der Waals surface area contributed by atoms with E-state index in [1.807, 2.05) is 6.07 Å². The summed E-state index contributed by atoms with van der Waals surface area (Å²) in [6.07, 6.45) is -4.59. The number of allylic oxidation sites excluding steroid dienone is 1. The lowest BCUT2D eigenvalue weighted by Crippen LogP contribution is -2.08. The number of nitriles is 1. The number of ether oxygens (including phenoxy) is 1. The molecule has 0 unspecified atom stereocenters. The maximum atomic E-state index is 12.9. The Bertz CT molecular complexity index is 1320. The second-order valence-corrected chi connectivity index (χ2v) is 7.87. The molecular formula is C19H10Cl4F3N5O2. The molecule has 0 saturated carbocycles. The Morgan fingerprint density at radius 1 is 0.970 bits per heavy atom. The monoisotopic (exact) mass is 537 g/mol. The number of hydrogen-bond acceptors (Lipinski definition) is 5. The number of rotatable bonds is 4. The van der Waals surface area contributed by atoms with Gasteiger partial charge in [0, 0.05) is 14.1 Å². The maximum Gasteiger partial charge on any atom is 0.416 e. The highest BCUT2D eigenvalue weighted by molar-refractivity contribution is 6.39. The first-order valence-electron chi connectivity index (χ1n) is 8.67. The number of benzene rings is 1. The van der Waals surface area contributed by atoms with Crippen LogP contribution in [0.1, 0.15) is 27.0 Å². The first-order chi connectivity index (χ1) is 15.4. The summed E-state index contributed by atoms with van der Waals surface area (Å²) in [6, 6.07) is 5.43. The Kier molecular flexibility index (Phi) is 7.00. The third-order valence-corrected chi connectivity index (χ3v) is 5.73. The molecule has 14 heteroatoms. The largest absolute Gasteiger partial charge is 0.420 e. The highest BCUT2D eigenvalue weighted by atomic mass is 35.5. The van der Waals surface area contributed by atoms with Gasteiger partial charge in [0.1, 0.15) is 27.5 Å². The van der Waals surface area contributed by atoms with E-state index in [1.54, 1.807) is 0 Å². The lowest BCUT2D eigenvalue weighted by atomic mass is 10.0. The summed E-state index contributed by atoms with van der Waals surface area (Å²) in [5.41, 5.74) is -1.73. The second kappa shape index (κ2) is 9.27. The molecule has 7 nitrogen and oxygen atoms in total. The topological polar surface area (TPSA) is 85.7 Å². The van der Waals surface area contributed by atoms with E-state index in [2.05, 4.69) is 10.2 Å². The number of aromatic nitrogens is 4. The van der Waals surface area contributed by atoms with Gasteiger partial charge in [0.25, 0.3) is 0 Å². The molecule has 3 rings (SSSR count). The molecule has 0 atom stereocenters. The number of esters is 1. The molecule has 172 valence electrons. The van der Waals surface area contributed by atoms with Crippen molar-refractivity contribution in [3.63, 3.8) is 0 Å².